The van der Waals surface area contributed by atoms with Crippen molar-refractivity contribution in [2.45, 2.75) is 6.92 Å². The molecule has 0 radical (unpaired) electrons. The van der Waals surface area contributed by atoms with Crippen molar-refractivity contribution < 1.29 is 12.6 Å². The summed E-state index contributed by atoms with van der Waals surface area (Å²) in [4.78, 5) is 0. The van der Waals surface area contributed by atoms with Gasteiger partial charge in [0.25, 0.3) is 11.0 Å². The third kappa shape index (κ3) is 2.10. The lowest BCUT2D eigenvalue weighted by Gasteiger charge is -2.05. The standard InChI is InChI=1S/C11H10O3S/c1-8-6-9-4-2-3-5-10(9)11(7-8)14-15(12)13/h2-7,15H,1H3. The van der Waals surface area contributed by atoms with E-state index in [2.05, 4.69) is 0 Å². The predicted octanol–water partition coefficient (Wildman–Crippen LogP) is 2.05. The zero-order chi connectivity index (χ0) is 10.8. The van der Waals surface area contributed by atoms with Gasteiger partial charge >= 0.3 is 0 Å². The second kappa shape index (κ2) is 3.90. The van der Waals surface area contributed by atoms with Crippen molar-refractivity contribution in [3.8, 4) is 5.75 Å². The van der Waals surface area contributed by atoms with Gasteiger partial charge in [0.2, 0.25) is 0 Å². The highest BCUT2D eigenvalue weighted by atomic mass is 32.2. The summed E-state index contributed by atoms with van der Waals surface area (Å²) in [5.41, 5.74) is 0.973. The van der Waals surface area contributed by atoms with Crippen molar-refractivity contribution >= 4 is 21.8 Å². The molecule has 2 aromatic rings. The largest absolute Gasteiger partial charge is 0.384 e. The molecule has 3 nitrogen and oxygen atoms in total. The van der Waals surface area contributed by atoms with E-state index >= 15 is 0 Å². The van der Waals surface area contributed by atoms with Crippen LogP contribution in [0.2, 0.25) is 0 Å². The minimum atomic E-state index is -2.86. The molecule has 0 atom stereocenters. The molecule has 4 heteroatoms. The highest BCUT2D eigenvalue weighted by molar-refractivity contribution is 7.67. The quantitative estimate of drug-likeness (QED) is 0.791. The van der Waals surface area contributed by atoms with Crippen molar-refractivity contribution in [2.24, 2.45) is 0 Å². The number of rotatable bonds is 2. The van der Waals surface area contributed by atoms with Crippen LogP contribution < -0.4 is 4.18 Å². The number of aryl methyl sites for hydroxylation is 1. The van der Waals surface area contributed by atoms with Crippen LogP contribution in [0.15, 0.2) is 36.4 Å². The minimum Gasteiger partial charge on any atom is -0.384 e. The van der Waals surface area contributed by atoms with Gasteiger partial charge in [0.05, 0.1) is 0 Å². The topological polar surface area (TPSA) is 43.4 Å². The molecule has 78 valence electrons. The van der Waals surface area contributed by atoms with Gasteiger partial charge in [-0.2, -0.15) is 8.42 Å². The fraction of sp³-hybridized carbons (Fsp3) is 0.0909. The van der Waals surface area contributed by atoms with Gasteiger partial charge in [-0.3, -0.25) is 0 Å². The van der Waals surface area contributed by atoms with Crippen molar-refractivity contribution in [1.82, 2.24) is 0 Å². The number of hydrogen-bond donors (Lipinski definition) is 1. The van der Waals surface area contributed by atoms with Crippen LogP contribution in [0.5, 0.6) is 5.75 Å². The van der Waals surface area contributed by atoms with E-state index in [4.69, 9.17) is 4.18 Å². The van der Waals surface area contributed by atoms with Crippen LogP contribution >= 0.6 is 0 Å². The first kappa shape index (κ1) is 9.98. The average Bonchev–Trinajstić information content (AvgIpc) is 2.16. The van der Waals surface area contributed by atoms with E-state index < -0.39 is 11.0 Å². The second-order valence-electron chi connectivity index (χ2n) is 3.30. The first-order valence-electron chi connectivity index (χ1n) is 4.48. The maximum absolute atomic E-state index is 10.5. The molecule has 0 spiro atoms. The Kier molecular flexibility index (Phi) is 2.60. The third-order valence-electron chi connectivity index (χ3n) is 2.14. The van der Waals surface area contributed by atoms with E-state index in [1.165, 1.54) is 0 Å². The van der Waals surface area contributed by atoms with E-state index in [-0.39, 0.29) is 0 Å². The lowest BCUT2D eigenvalue weighted by atomic mass is 10.1. The fourth-order valence-corrected chi connectivity index (χ4v) is 1.89. The van der Waals surface area contributed by atoms with Gasteiger partial charge in [0.1, 0.15) is 5.75 Å². The van der Waals surface area contributed by atoms with Crippen molar-refractivity contribution in [3.05, 3.63) is 42.0 Å². The summed E-state index contributed by atoms with van der Waals surface area (Å²) in [5.74, 6) is 0.390. The number of hydrogen-bond acceptors (Lipinski definition) is 3. The van der Waals surface area contributed by atoms with Gasteiger partial charge in [0.15, 0.2) is 0 Å². The molecule has 0 aliphatic heterocycles. The predicted molar refractivity (Wildman–Crippen MR) is 59.6 cm³/mol. The molecule has 0 aliphatic carbocycles. The van der Waals surface area contributed by atoms with Crippen LogP contribution in [-0.2, 0) is 11.0 Å². The number of thiol groups is 1. The second-order valence-corrected chi connectivity index (χ2v) is 3.93. The van der Waals surface area contributed by atoms with Crippen LogP contribution in [-0.4, -0.2) is 8.42 Å². The average molecular weight is 222 g/mol. The molecule has 2 rings (SSSR count). The highest BCUT2D eigenvalue weighted by Crippen LogP contribution is 2.27. The van der Waals surface area contributed by atoms with E-state index in [1.54, 1.807) is 6.07 Å². The molecule has 0 saturated heterocycles. The molecule has 0 bridgehead atoms. The van der Waals surface area contributed by atoms with Crippen molar-refractivity contribution in [1.29, 1.82) is 0 Å². The fourth-order valence-electron chi connectivity index (χ4n) is 1.57. The number of fused-ring (bicyclic) bond motifs is 1. The van der Waals surface area contributed by atoms with E-state index in [0.29, 0.717) is 5.75 Å². The Labute approximate surface area is 89.5 Å². The Balaban J connectivity index is 2.70. The maximum atomic E-state index is 10.5. The smallest absolute Gasteiger partial charge is 0.299 e. The Bertz CT molecular complexity index is 565. The molecule has 0 heterocycles. The zero-order valence-electron chi connectivity index (χ0n) is 8.14. The van der Waals surface area contributed by atoms with Gasteiger partial charge in [-0.1, -0.05) is 30.3 Å². The SMILES string of the molecule is Cc1cc(O[SH](=O)=O)c2ccccc2c1. The summed E-state index contributed by atoms with van der Waals surface area (Å²) in [5, 5.41) is 1.78. The van der Waals surface area contributed by atoms with Gasteiger partial charge in [-0.15, -0.1) is 0 Å². The molecular weight excluding hydrogens is 212 g/mol. The summed E-state index contributed by atoms with van der Waals surface area (Å²) < 4.78 is 25.8. The van der Waals surface area contributed by atoms with Crippen LogP contribution in [0.25, 0.3) is 10.8 Å². The van der Waals surface area contributed by atoms with Crippen LogP contribution in [0.3, 0.4) is 0 Å². The summed E-state index contributed by atoms with van der Waals surface area (Å²) in [6.07, 6.45) is 0. The normalized spacial score (nSPS) is 10.8. The maximum Gasteiger partial charge on any atom is 0.299 e. The lowest BCUT2D eigenvalue weighted by molar-refractivity contribution is 0.513. The first-order chi connectivity index (χ1) is 7.16. The van der Waals surface area contributed by atoms with Crippen LogP contribution in [0.4, 0.5) is 0 Å². The van der Waals surface area contributed by atoms with E-state index in [0.717, 1.165) is 16.3 Å². The van der Waals surface area contributed by atoms with Gasteiger partial charge < -0.3 is 4.18 Å². The molecule has 0 aromatic heterocycles. The first-order valence-corrected chi connectivity index (χ1v) is 5.58. The van der Waals surface area contributed by atoms with Crippen molar-refractivity contribution in [3.63, 3.8) is 0 Å². The molecule has 2 aromatic carbocycles. The van der Waals surface area contributed by atoms with Gasteiger partial charge in [-0.25, -0.2) is 0 Å². The summed E-state index contributed by atoms with van der Waals surface area (Å²) in [6.45, 7) is 1.90. The molecule has 0 amide bonds. The van der Waals surface area contributed by atoms with Gasteiger partial charge in [0, 0.05) is 5.39 Å². The summed E-state index contributed by atoms with van der Waals surface area (Å²) in [6, 6.07) is 11.2. The Morgan fingerprint density at radius 3 is 2.60 bits per heavy atom. The van der Waals surface area contributed by atoms with E-state index in [1.807, 2.05) is 37.3 Å². The lowest BCUT2D eigenvalue weighted by Crippen LogP contribution is -1.91. The molecule has 0 unspecified atom stereocenters. The summed E-state index contributed by atoms with van der Waals surface area (Å²) in [7, 11) is -2.86. The van der Waals surface area contributed by atoms with Crippen LogP contribution in [0, 0.1) is 6.92 Å². The molecule has 0 N–H and O–H groups in total. The molecule has 0 saturated carbocycles. The van der Waals surface area contributed by atoms with Crippen molar-refractivity contribution in [2.75, 3.05) is 0 Å². The van der Waals surface area contributed by atoms with E-state index in [9.17, 15) is 8.42 Å². The Morgan fingerprint density at radius 1 is 1.13 bits per heavy atom. The zero-order valence-corrected chi connectivity index (χ0v) is 9.03. The Hall–Kier alpha value is -1.55. The molecular formula is C11H10O3S. The third-order valence-corrected chi connectivity index (χ3v) is 2.49. The monoisotopic (exact) mass is 222 g/mol. The molecule has 0 aliphatic rings. The Morgan fingerprint density at radius 2 is 1.87 bits per heavy atom. The highest BCUT2D eigenvalue weighted by Gasteiger charge is 2.03. The van der Waals surface area contributed by atoms with Crippen LogP contribution in [0.1, 0.15) is 5.56 Å². The number of benzene rings is 2. The molecule has 0 fully saturated rings. The van der Waals surface area contributed by atoms with Gasteiger partial charge in [-0.05, 0) is 23.9 Å². The molecule has 15 heavy (non-hydrogen) atoms. The minimum absolute atomic E-state index is 0.390. The summed E-state index contributed by atoms with van der Waals surface area (Å²) >= 11 is 0.